The second-order valence-electron chi connectivity index (χ2n) is 6.08. The summed E-state index contributed by atoms with van der Waals surface area (Å²) in [6.45, 7) is 5.35. The molecule has 0 radical (unpaired) electrons. The van der Waals surface area contributed by atoms with Crippen LogP contribution in [0.4, 0.5) is 5.69 Å². The highest BCUT2D eigenvalue weighted by Gasteiger charge is 2.31. The number of hydrogen-bond donors (Lipinski definition) is 3. The van der Waals surface area contributed by atoms with Crippen LogP contribution in [0, 0.1) is 0 Å². The van der Waals surface area contributed by atoms with Crippen LogP contribution < -0.4 is 17.2 Å². The number of fused-ring (bicyclic) bond motifs is 3. The van der Waals surface area contributed by atoms with Gasteiger partial charge in [-0.2, -0.15) is 4.99 Å². The minimum Gasteiger partial charge on any atom is -0.460 e. The molecule has 6 N–H and O–H groups in total. The molecular weight excluding hydrogens is 292 g/mol. The fraction of sp³-hybridized carbons (Fsp3) is 0.375. The highest BCUT2D eigenvalue weighted by atomic mass is 16.3. The van der Waals surface area contributed by atoms with Gasteiger partial charge in [0.05, 0.1) is 5.69 Å². The molecule has 0 fully saturated rings. The van der Waals surface area contributed by atoms with E-state index in [2.05, 4.69) is 35.8 Å². The normalized spacial score (nSPS) is 22.1. The third-order valence-electron chi connectivity index (χ3n) is 4.31. The van der Waals surface area contributed by atoms with Gasteiger partial charge in [0, 0.05) is 29.5 Å². The van der Waals surface area contributed by atoms with Gasteiger partial charge >= 0.3 is 0 Å². The molecule has 0 saturated carbocycles. The molecule has 2 atom stereocenters. The third kappa shape index (κ3) is 2.75. The van der Waals surface area contributed by atoms with Gasteiger partial charge in [0.25, 0.3) is 0 Å². The molecule has 1 aliphatic rings. The van der Waals surface area contributed by atoms with E-state index in [9.17, 15) is 0 Å². The number of aliphatic imine (C=N–C) groups is 2. The van der Waals surface area contributed by atoms with E-state index in [1.54, 1.807) is 0 Å². The second kappa shape index (κ2) is 5.58. The zero-order valence-corrected chi connectivity index (χ0v) is 13.6. The van der Waals surface area contributed by atoms with Gasteiger partial charge in [-0.15, -0.1) is 0 Å². The van der Waals surface area contributed by atoms with Crippen LogP contribution in [0.15, 0.2) is 32.6 Å². The van der Waals surface area contributed by atoms with Crippen molar-refractivity contribution in [1.82, 2.24) is 4.90 Å². The molecule has 0 saturated heterocycles. The van der Waals surface area contributed by atoms with E-state index in [4.69, 9.17) is 21.6 Å². The first-order valence-electron chi connectivity index (χ1n) is 7.57. The van der Waals surface area contributed by atoms with Crippen LogP contribution >= 0.6 is 0 Å². The maximum absolute atomic E-state index is 6.07. The minimum atomic E-state index is -0.114. The van der Waals surface area contributed by atoms with Crippen LogP contribution in [0.1, 0.15) is 37.1 Å². The molecule has 1 aliphatic heterocycles. The fourth-order valence-corrected chi connectivity index (χ4v) is 3.17. The monoisotopic (exact) mass is 314 g/mol. The summed E-state index contributed by atoms with van der Waals surface area (Å²) in [5.74, 6) is 1.33. The third-order valence-corrected chi connectivity index (χ3v) is 4.31. The lowest BCUT2D eigenvalue weighted by atomic mass is 9.92. The van der Waals surface area contributed by atoms with Crippen LogP contribution in [0.5, 0.6) is 0 Å². The summed E-state index contributed by atoms with van der Waals surface area (Å²) in [4.78, 5) is 10.3. The second-order valence-corrected chi connectivity index (χ2v) is 6.08. The van der Waals surface area contributed by atoms with Gasteiger partial charge < -0.3 is 21.6 Å². The van der Waals surface area contributed by atoms with Gasteiger partial charge in [0.15, 0.2) is 5.96 Å². The number of likely N-dealkylation sites (N-methyl/N-ethyl adjacent to an activating group) is 1. The molecule has 0 amide bonds. The zero-order valence-electron chi connectivity index (χ0n) is 13.6. The Morgan fingerprint density at radius 3 is 2.70 bits per heavy atom. The van der Waals surface area contributed by atoms with Gasteiger partial charge in [0.1, 0.15) is 11.3 Å². The standard InChI is InChI=1S/C16H22N6O/c1-8-7-22(3)9(2)13-11-6-10(20-16(19)21-15(17)18)4-5-12(11)23-14(8)13/h4-6,8-9H,7H2,1-3H3,(H6,17,18,19,20,21). The highest BCUT2D eigenvalue weighted by Crippen LogP contribution is 2.42. The molecule has 0 aliphatic carbocycles. The molecule has 2 unspecified atom stereocenters. The average molecular weight is 314 g/mol. The molecule has 23 heavy (non-hydrogen) atoms. The van der Waals surface area contributed by atoms with Gasteiger partial charge in [-0.05, 0) is 32.2 Å². The molecule has 1 aromatic heterocycles. The van der Waals surface area contributed by atoms with Crippen molar-refractivity contribution in [2.75, 3.05) is 13.6 Å². The first-order chi connectivity index (χ1) is 10.9. The topological polar surface area (TPSA) is 119 Å². The van der Waals surface area contributed by atoms with Crippen molar-refractivity contribution in [1.29, 1.82) is 0 Å². The summed E-state index contributed by atoms with van der Waals surface area (Å²) >= 11 is 0. The smallest absolute Gasteiger partial charge is 0.223 e. The van der Waals surface area contributed by atoms with E-state index in [1.807, 2.05) is 18.2 Å². The molecular formula is C16H22N6O. The molecule has 0 bridgehead atoms. The van der Waals surface area contributed by atoms with E-state index in [0.29, 0.717) is 11.6 Å². The number of benzene rings is 1. The lowest BCUT2D eigenvalue weighted by Gasteiger charge is -2.32. The summed E-state index contributed by atoms with van der Waals surface area (Å²) in [5, 5.41) is 1.06. The van der Waals surface area contributed by atoms with Crippen molar-refractivity contribution in [3.8, 4) is 0 Å². The first-order valence-corrected chi connectivity index (χ1v) is 7.57. The van der Waals surface area contributed by atoms with E-state index >= 15 is 0 Å². The van der Waals surface area contributed by atoms with Crippen molar-refractivity contribution in [2.45, 2.75) is 25.8 Å². The quantitative estimate of drug-likeness (QED) is 0.547. The summed E-state index contributed by atoms with van der Waals surface area (Å²) in [6.07, 6.45) is 0. The van der Waals surface area contributed by atoms with E-state index < -0.39 is 0 Å². The molecule has 7 nitrogen and oxygen atoms in total. The Morgan fingerprint density at radius 1 is 1.26 bits per heavy atom. The average Bonchev–Trinajstić information content (AvgIpc) is 2.83. The minimum absolute atomic E-state index is 0.0280. The number of hydrogen-bond acceptors (Lipinski definition) is 3. The van der Waals surface area contributed by atoms with E-state index in [0.717, 1.165) is 23.3 Å². The van der Waals surface area contributed by atoms with E-state index in [1.165, 1.54) is 5.56 Å². The number of nitrogens with zero attached hydrogens (tertiary/aromatic N) is 3. The Balaban J connectivity index is 2.12. The molecule has 122 valence electrons. The maximum Gasteiger partial charge on any atom is 0.223 e. The Morgan fingerprint density at radius 2 is 2.00 bits per heavy atom. The zero-order chi connectivity index (χ0) is 16.7. The number of rotatable bonds is 1. The molecule has 2 heterocycles. The predicted molar refractivity (Wildman–Crippen MR) is 92.8 cm³/mol. The Labute approximate surface area is 134 Å². The van der Waals surface area contributed by atoms with Crippen molar-refractivity contribution in [2.24, 2.45) is 27.2 Å². The molecule has 3 rings (SSSR count). The van der Waals surface area contributed by atoms with Crippen LogP contribution in [0.3, 0.4) is 0 Å². The SMILES string of the molecule is CC1CN(C)C(C)c2c1oc1ccc(N=C(N)N=C(N)N)cc21. The van der Waals surface area contributed by atoms with Crippen LogP contribution in [0.25, 0.3) is 11.0 Å². The van der Waals surface area contributed by atoms with Crippen LogP contribution in [0.2, 0.25) is 0 Å². The van der Waals surface area contributed by atoms with Crippen molar-refractivity contribution in [3.05, 3.63) is 29.5 Å². The highest BCUT2D eigenvalue weighted by molar-refractivity contribution is 5.94. The summed E-state index contributed by atoms with van der Waals surface area (Å²) in [5.41, 5.74) is 19.1. The van der Waals surface area contributed by atoms with E-state index in [-0.39, 0.29) is 18.0 Å². The Kier molecular flexibility index (Phi) is 3.73. The molecule has 1 aromatic carbocycles. The molecule has 2 aromatic rings. The Hall–Kier alpha value is -2.54. The summed E-state index contributed by atoms with van der Waals surface area (Å²) in [7, 11) is 2.13. The predicted octanol–water partition coefficient (Wildman–Crippen LogP) is 1.76. The fourth-order valence-electron chi connectivity index (χ4n) is 3.17. The first kappa shape index (κ1) is 15.4. The van der Waals surface area contributed by atoms with Gasteiger partial charge in [-0.1, -0.05) is 6.92 Å². The summed E-state index contributed by atoms with van der Waals surface area (Å²) < 4.78 is 6.07. The maximum atomic E-state index is 6.07. The van der Waals surface area contributed by atoms with Gasteiger partial charge in [-0.3, -0.25) is 4.90 Å². The van der Waals surface area contributed by atoms with Crippen LogP contribution in [-0.2, 0) is 0 Å². The molecule has 0 spiro atoms. The molecule has 7 heteroatoms. The Bertz CT molecular complexity index is 802. The van der Waals surface area contributed by atoms with Gasteiger partial charge in [0.2, 0.25) is 5.96 Å². The van der Waals surface area contributed by atoms with Crippen molar-refractivity contribution < 1.29 is 4.42 Å². The number of guanidine groups is 2. The number of nitrogens with two attached hydrogens (primary N) is 3. The lowest BCUT2D eigenvalue weighted by Crippen LogP contribution is -2.31. The number of furan rings is 1. The lowest BCUT2D eigenvalue weighted by molar-refractivity contribution is 0.215. The largest absolute Gasteiger partial charge is 0.460 e. The summed E-state index contributed by atoms with van der Waals surface area (Å²) in [6, 6.07) is 6.01. The van der Waals surface area contributed by atoms with Crippen molar-refractivity contribution in [3.63, 3.8) is 0 Å². The van der Waals surface area contributed by atoms with Crippen LogP contribution in [-0.4, -0.2) is 30.4 Å². The van der Waals surface area contributed by atoms with Crippen molar-refractivity contribution >= 4 is 28.6 Å². The van der Waals surface area contributed by atoms with Gasteiger partial charge in [-0.25, -0.2) is 4.99 Å².